The number of benzene rings is 1. The summed E-state index contributed by atoms with van der Waals surface area (Å²) in [5.74, 6) is 0. The summed E-state index contributed by atoms with van der Waals surface area (Å²) in [5.41, 5.74) is -2.12. The van der Waals surface area contributed by atoms with E-state index in [4.69, 9.17) is 4.89 Å². The molecule has 0 bridgehead atoms. The van der Waals surface area contributed by atoms with Gasteiger partial charge in [0.25, 0.3) is 0 Å². The van der Waals surface area contributed by atoms with E-state index in [0.717, 1.165) is 10.4 Å². The Kier molecular flexibility index (Phi) is 8.74. The molecule has 0 amide bonds. The lowest BCUT2D eigenvalue weighted by Gasteiger charge is -1.99. The monoisotopic (exact) mass is 300 g/mol. The van der Waals surface area contributed by atoms with E-state index >= 15 is 0 Å². The lowest BCUT2D eigenvalue weighted by atomic mass is 10.4. The summed E-state index contributed by atoms with van der Waals surface area (Å²) < 4.78 is 13.8. The van der Waals surface area contributed by atoms with Crippen LogP contribution in [0, 0.1) is 0 Å². The fraction of sp³-hybridized carbons (Fsp3) is 0. The van der Waals surface area contributed by atoms with Gasteiger partial charge in [0.2, 0.25) is 5.69 Å². The van der Waals surface area contributed by atoms with Crippen molar-refractivity contribution in [2.45, 2.75) is 4.90 Å². The molecule has 0 aromatic heterocycles. The Morgan fingerprint density at radius 2 is 2.00 bits per heavy atom. The standard InChI is InChI=1S/C6H6S.CH3O3PS3/c7-6-4-2-1-3-5-6;2-5(6,7)4-1-8-3/h1-5,7H;1H,(H2,2,6,7). The molecule has 0 saturated carbocycles. The van der Waals surface area contributed by atoms with Gasteiger partial charge >= 0.3 is 0 Å². The van der Waals surface area contributed by atoms with Crippen molar-refractivity contribution in [2.24, 2.45) is 0 Å². The maximum atomic E-state index is 9.54. The Morgan fingerprint density at radius 3 is 2.20 bits per heavy atom. The first-order valence-electron chi connectivity index (χ1n) is 3.54. The second kappa shape index (κ2) is 8.52. The Morgan fingerprint density at radius 1 is 1.47 bits per heavy atom. The van der Waals surface area contributed by atoms with Gasteiger partial charge in [0, 0.05) is 4.90 Å². The van der Waals surface area contributed by atoms with Gasteiger partial charge in [-0.05, 0) is 23.9 Å². The molecule has 1 aromatic rings. The van der Waals surface area contributed by atoms with Crippen molar-refractivity contribution in [1.29, 1.82) is 0 Å². The molecule has 1 atom stereocenters. The Bertz CT molecular complexity index is 371. The van der Waals surface area contributed by atoms with E-state index in [1.54, 1.807) is 0 Å². The summed E-state index contributed by atoms with van der Waals surface area (Å²) in [7, 11) is 0. The van der Waals surface area contributed by atoms with Crippen LogP contribution in [0.3, 0.4) is 0 Å². The van der Waals surface area contributed by atoms with Crippen LogP contribution in [-0.4, -0.2) is 14.7 Å². The molecule has 0 heterocycles. The third-order valence-corrected chi connectivity index (χ3v) is 2.51. The number of rotatable bonds is 2. The van der Waals surface area contributed by atoms with Crippen molar-refractivity contribution in [2.75, 3.05) is 0 Å². The molecule has 15 heavy (non-hydrogen) atoms. The minimum Gasteiger partial charge on any atom is -0.337 e. The first kappa shape index (κ1) is 15.4. The van der Waals surface area contributed by atoms with E-state index in [2.05, 4.69) is 41.2 Å². The third kappa shape index (κ3) is 12.3. The maximum Gasteiger partial charge on any atom is 0.247 e. The number of hydrogen-bond donors (Lipinski definition) is 3. The highest BCUT2D eigenvalue weighted by molar-refractivity contribution is 8.59. The molecule has 0 radical (unpaired) electrons. The van der Waals surface area contributed by atoms with Crippen molar-refractivity contribution >= 4 is 59.2 Å². The van der Waals surface area contributed by atoms with E-state index in [-0.39, 0.29) is 11.3 Å². The van der Waals surface area contributed by atoms with Crippen LogP contribution in [0.2, 0.25) is 0 Å². The largest absolute Gasteiger partial charge is 0.337 e. The molecule has 0 aliphatic carbocycles. The van der Waals surface area contributed by atoms with Crippen LogP contribution >= 0.6 is 30.6 Å². The molecule has 0 saturated heterocycles. The molecule has 0 aliphatic heterocycles. The molecule has 0 spiro atoms. The van der Waals surface area contributed by atoms with Crippen LogP contribution in [0.1, 0.15) is 0 Å². The minimum absolute atomic E-state index is 0.0835. The van der Waals surface area contributed by atoms with Gasteiger partial charge in [0.1, 0.15) is 16.8 Å². The van der Waals surface area contributed by atoms with Gasteiger partial charge in [0.15, 0.2) is 0 Å². The van der Waals surface area contributed by atoms with E-state index in [1.807, 2.05) is 30.3 Å². The van der Waals surface area contributed by atoms with Gasteiger partial charge in [-0.15, -0.1) is 12.6 Å². The molecule has 3 nitrogen and oxygen atoms in total. The van der Waals surface area contributed by atoms with Crippen LogP contribution in [0.5, 0.6) is 0 Å². The summed E-state index contributed by atoms with van der Waals surface area (Å²) in [6.45, 7) is 0. The maximum absolute atomic E-state index is 9.54. The molecule has 1 rings (SSSR count). The lowest BCUT2D eigenvalue weighted by Crippen LogP contribution is -1.76. The van der Waals surface area contributed by atoms with Gasteiger partial charge in [-0.3, -0.25) is 4.52 Å². The fourth-order valence-corrected chi connectivity index (χ4v) is 1.93. The van der Waals surface area contributed by atoms with E-state index in [0.29, 0.717) is 0 Å². The molecule has 1 unspecified atom stereocenters. The third-order valence-electron chi connectivity index (χ3n) is 0.976. The summed E-state index contributed by atoms with van der Waals surface area (Å²) in [6.07, 6.45) is 0. The van der Waals surface area contributed by atoms with Gasteiger partial charge in [-0.2, -0.15) is 0 Å². The molecule has 1 aromatic carbocycles. The highest BCUT2D eigenvalue weighted by Crippen LogP contribution is 2.46. The zero-order valence-corrected chi connectivity index (χ0v) is 11.7. The predicted molar refractivity (Wildman–Crippen MR) is 74.5 cm³/mol. The van der Waals surface area contributed by atoms with E-state index in [9.17, 15) is 4.21 Å². The van der Waals surface area contributed by atoms with Crippen molar-refractivity contribution in [3.63, 3.8) is 0 Å². The van der Waals surface area contributed by atoms with Crippen LogP contribution in [-0.2, 0) is 27.6 Å². The van der Waals surface area contributed by atoms with Gasteiger partial charge in [-0.25, -0.2) is 4.21 Å². The van der Waals surface area contributed by atoms with Gasteiger partial charge < -0.3 is 4.89 Å². The van der Waals surface area contributed by atoms with Crippen LogP contribution in [0.15, 0.2) is 35.2 Å². The second-order valence-corrected chi connectivity index (χ2v) is 8.14. The molecular formula is C7H9O3PS4. The summed E-state index contributed by atoms with van der Waals surface area (Å²) in [4.78, 5) is 9.55. The zero-order valence-electron chi connectivity index (χ0n) is 7.39. The van der Waals surface area contributed by atoms with Crippen LogP contribution in [0.25, 0.3) is 0 Å². The SMILES string of the molecule is O=S=COP(O)(=S)S.Sc1ccccc1. The Hall–Kier alpha value is 0.380. The first-order chi connectivity index (χ1) is 6.95. The molecular weight excluding hydrogens is 291 g/mol. The zero-order chi connectivity index (χ0) is 11.7. The van der Waals surface area contributed by atoms with Crippen molar-refractivity contribution < 1.29 is 13.6 Å². The molecule has 0 fully saturated rings. The van der Waals surface area contributed by atoms with Crippen molar-refractivity contribution in [1.82, 2.24) is 0 Å². The molecule has 0 aliphatic rings. The quantitative estimate of drug-likeness (QED) is 0.445. The highest BCUT2D eigenvalue weighted by Gasteiger charge is 2.01. The minimum atomic E-state index is -2.93. The highest BCUT2D eigenvalue weighted by atomic mass is 32.9. The van der Waals surface area contributed by atoms with E-state index in [1.165, 1.54) is 0 Å². The number of hydrogen-bond acceptors (Lipinski definition) is 4. The molecule has 84 valence electrons. The average molecular weight is 300 g/mol. The average Bonchev–Trinajstić information content (AvgIpc) is 2.16. The summed E-state index contributed by atoms with van der Waals surface area (Å²) >= 11 is 11.9. The summed E-state index contributed by atoms with van der Waals surface area (Å²) in [5, 5.41) is 0. The van der Waals surface area contributed by atoms with Gasteiger partial charge in [-0.1, -0.05) is 30.4 Å². The van der Waals surface area contributed by atoms with E-state index < -0.39 is 5.69 Å². The second-order valence-electron chi connectivity index (χ2n) is 2.12. The molecule has 1 N–H and O–H groups in total. The van der Waals surface area contributed by atoms with Crippen molar-refractivity contribution in [3.05, 3.63) is 30.3 Å². The van der Waals surface area contributed by atoms with Crippen LogP contribution in [0.4, 0.5) is 0 Å². The molecule has 8 heteroatoms. The van der Waals surface area contributed by atoms with Crippen molar-refractivity contribution in [3.8, 4) is 0 Å². The topological polar surface area (TPSA) is 46.5 Å². The first-order valence-corrected chi connectivity index (χ1v) is 8.62. The Labute approximate surface area is 108 Å². The number of thiol groups is 2. The Balaban J connectivity index is 0.000000262. The van der Waals surface area contributed by atoms with Gasteiger partial charge in [0.05, 0.1) is 0 Å². The summed E-state index contributed by atoms with van der Waals surface area (Å²) in [6, 6.07) is 9.79. The smallest absolute Gasteiger partial charge is 0.247 e. The predicted octanol–water partition coefficient (Wildman–Crippen LogP) is 2.10. The fourth-order valence-electron chi connectivity index (χ4n) is 0.502. The lowest BCUT2D eigenvalue weighted by molar-refractivity contribution is 0.517. The normalized spacial score (nSPS) is 13.0. The van der Waals surface area contributed by atoms with Crippen LogP contribution < -0.4 is 0 Å².